The number of nitrogens with two attached hydrogens (primary N) is 1. The van der Waals surface area contributed by atoms with Gasteiger partial charge in [0.25, 0.3) is 5.91 Å². The predicted octanol–water partition coefficient (Wildman–Crippen LogP) is 3.84. The molecule has 2 aromatic rings. The summed E-state index contributed by atoms with van der Waals surface area (Å²) in [5.41, 5.74) is 6.81. The molecule has 0 bridgehead atoms. The van der Waals surface area contributed by atoms with E-state index in [4.69, 9.17) is 26.8 Å². The molecule has 1 unspecified atom stereocenters. The van der Waals surface area contributed by atoms with Crippen LogP contribution in [-0.4, -0.2) is 37.0 Å². The molecule has 2 N–H and O–H groups in total. The van der Waals surface area contributed by atoms with Crippen LogP contribution >= 0.6 is 11.6 Å². The highest BCUT2D eigenvalue weighted by Gasteiger charge is 2.31. The number of piperidine rings is 1. The van der Waals surface area contributed by atoms with E-state index in [2.05, 4.69) is 0 Å². The molecule has 3 rings (SSSR count). The normalized spacial score (nSPS) is 15.0. The van der Waals surface area contributed by atoms with E-state index in [1.54, 1.807) is 29.2 Å². The Labute approximate surface area is 169 Å². The highest BCUT2D eigenvalue weighted by Crippen LogP contribution is 2.31. The summed E-state index contributed by atoms with van der Waals surface area (Å²) in [7, 11) is 1.42. The number of esters is 1. The van der Waals surface area contributed by atoms with Gasteiger partial charge >= 0.3 is 5.97 Å². The number of nitrogen functional groups attached to an aromatic ring is 1. The highest BCUT2D eigenvalue weighted by molar-refractivity contribution is 6.33. The van der Waals surface area contributed by atoms with Crippen molar-refractivity contribution in [3.8, 4) is 5.75 Å². The third-order valence-corrected chi connectivity index (χ3v) is 5.09. The molecule has 1 saturated heterocycles. The minimum absolute atomic E-state index is 0.120. The number of likely N-dealkylation sites (tertiary alicyclic amines) is 1. The van der Waals surface area contributed by atoms with Crippen LogP contribution in [-0.2, 0) is 9.53 Å². The van der Waals surface area contributed by atoms with Gasteiger partial charge in [0.1, 0.15) is 11.3 Å². The van der Waals surface area contributed by atoms with Crippen LogP contribution < -0.4 is 10.5 Å². The number of halogens is 1. The topological polar surface area (TPSA) is 81.9 Å². The lowest BCUT2D eigenvalue weighted by atomic mass is 10.1. The van der Waals surface area contributed by atoms with Crippen molar-refractivity contribution in [1.82, 2.24) is 4.90 Å². The first kappa shape index (κ1) is 20.0. The van der Waals surface area contributed by atoms with Gasteiger partial charge in [0.15, 0.2) is 0 Å². The molecule has 148 valence electrons. The number of hydrogen-bond donors (Lipinski definition) is 1. The van der Waals surface area contributed by atoms with Gasteiger partial charge in [-0.05, 0) is 25.3 Å². The number of nitrogens with zero attached hydrogens (tertiary/aromatic N) is 1. The second kappa shape index (κ2) is 8.97. The lowest BCUT2D eigenvalue weighted by Gasteiger charge is -2.30. The van der Waals surface area contributed by atoms with Crippen molar-refractivity contribution in [3.05, 3.63) is 58.6 Å². The van der Waals surface area contributed by atoms with E-state index in [9.17, 15) is 9.59 Å². The van der Waals surface area contributed by atoms with Crippen molar-refractivity contribution in [2.45, 2.75) is 25.4 Å². The van der Waals surface area contributed by atoms with Crippen LogP contribution in [0.1, 0.15) is 41.3 Å². The fourth-order valence-electron chi connectivity index (χ4n) is 3.24. The van der Waals surface area contributed by atoms with Gasteiger partial charge in [-0.2, -0.15) is 0 Å². The van der Waals surface area contributed by atoms with E-state index < -0.39 is 12.1 Å². The Morgan fingerprint density at radius 2 is 1.79 bits per heavy atom. The molecule has 0 spiro atoms. The molecule has 0 aliphatic carbocycles. The summed E-state index contributed by atoms with van der Waals surface area (Å²) in [6, 6.07) is 11.9. The summed E-state index contributed by atoms with van der Waals surface area (Å²) in [6.45, 7) is 1.33. The molecule has 0 saturated carbocycles. The monoisotopic (exact) mass is 402 g/mol. The number of hydrogen-bond acceptors (Lipinski definition) is 5. The molecule has 0 radical (unpaired) electrons. The van der Waals surface area contributed by atoms with Crippen molar-refractivity contribution < 1.29 is 19.1 Å². The Morgan fingerprint density at radius 3 is 2.43 bits per heavy atom. The smallest absolute Gasteiger partial charge is 0.343 e. The van der Waals surface area contributed by atoms with Crippen molar-refractivity contribution >= 4 is 29.2 Å². The van der Waals surface area contributed by atoms with Gasteiger partial charge in [-0.25, -0.2) is 4.79 Å². The van der Waals surface area contributed by atoms with Crippen molar-refractivity contribution in [3.63, 3.8) is 0 Å². The van der Waals surface area contributed by atoms with Crippen LogP contribution in [0.25, 0.3) is 0 Å². The van der Waals surface area contributed by atoms with E-state index >= 15 is 0 Å². The van der Waals surface area contributed by atoms with Crippen LogP contribution in [0.4, 0.5) is 5.69 Å². The van der Waals surface area contributed by atoms with Gasteiger partial charge in [0.2, 0.25) is 6.10 Å². The number of benzene rings is 2. The summed E-state index contributed by atoms with van der Waals surface area (Å²) < 4.78 is 10.9. The zero-order valence-corrected chi connectivity index (χ0v) is 16.4. The molecule has 2 aromatic carbocycles. The van der Waals surface area contributed by atoms with Crippen molar-refractivity contribution in [2.24, 2.45) is 0 Å². The average Bonchev–Trinajstić information content (AvgIpc) is 2.74. The highest BCUT2D eigenvalue weighted by atomic mass is 35.5. The lowest BCUT2D eigenvalue weighted by molar-refractivity contribution is -0.142. The molecular weight excluding hydrogens is 380 g/mol. The quantitative estimate of drug-likeness (QED) is 0.607. The maximum absolute atomic E-state index is 13.1. The van der Waals surface area contributed by atoms with Crippen molar-refractivity contribution in [2.75, 3.05) is 25.9 Å². The number of methoxy groups -OCH3 is 1. The molecule has 28 heavy (non-hydrogen) atoms. The summed E-state index contributed by atoms with van der Waals surface area (Å²) in [4.78, 5) is 27.8. The van der Waals surface area contributed by atoms with Crippen LogP contribution in [0, 0.1) is 0 Å². The van der Waals surface area contributed by atoms with Crippen molar-refractivity contribution in [1.29, 1.82) is 0 Å². The molecule has 1 fully saturated rings. The first-order valence-electron chi connectivity index (χ1n) is 9.19. The minimum Gasteiger partial charge on any atom is -0.496 e. The van der Waals surface area contributed by atoms with Gasteiger partial charge in [0, 0.05) is 24.7 Å². The van der Waals surface area contributed by atoms with Crippen LogP contribution in [0.2, 0.25) is 5.02 Å². The first-order valence-corrected chi connectivity index (χ1v) is 9.56. The fraction of sp³-hybridized carbons (Fsp3) is 0.333. The van der Waals surface area contributed by atoms with Gasteiger partial charge in [0.05, 0.1) is 17.8 Å². The molecule has 1 heterocycles. The number of amides is 1. The maximum atomic E-state index is 13.1. The van der Waals surface area contributed by atoms with Crippen LogP contribution in [0.3, 0.4) is 0 Å². The third-order valence-electron chi connectivity index (χ3n) is 4.76. The Balaban J connectivity index is 1.90. The minimum atomic E-state index is -1.03. The molecule has 1 amide bonds. The largest absolute Gasteiger partial charge is 0.496 e. The average molecular weight is 403 g/mol. The molecule has 6 nitrogen and oxygen atoms in total. The number of ether oxygens (including phenoxy) is 2. The number of anilines is 1. The van der Waals surface area contributed by atoms with E-state index in [-0.39, 0.29) is 22.2 Å². The fourth-order valence-corrected chi connectivity index (χ4v) is 3.40. The Morgan fingerprint density at radius 1 is 1.11 bits per heavy atom. The molecule has 1 aliphatic heterocycles. The summed E-state index contributed by atoms with van der Waals surface area (Å²) in [5.74, 6) is -0.679. The molecule has 7 heteroatoms. The Hall–Kier alpha value is -2.73. The number of carbonyl (C=O) groups is 2. The lowest BCUT2D eigenvalue weighted by Crippen LogP contribution is -2.40. The van der Waals surface area contributed by atoms with Gasteiger partial charge in [-0.3, -0.25) is 4.79 Å². The van der Waals surface area contributed by atoms with Gasteiger partial charge in [-0.15, -0.1) is 0 Å². The van der Waals surface area contributed by atoms with E-state index in [0.717, 1.165) is 19.3 Å². The number of rotatable bonds is 5. The Kier molecular flexibility index (Phi) is 6.41. The van der Waals surface area contributed by atoms with Gasteiger partial charge in [-0.1, -0.05) is 41.9 Å². The third kappa shape index (κ3) is 4.39. The predicted molar refractivity (Wildman–Crippen MR) is 107 cm³/mol. The Bertz CT molecular complexity index is 851. The van der Waals surface area contributed by atoms with Crippen LogP contribution in [0.15, 0.2) is 42.5 Å². The van der Waals surface area contributed by atoms with Gasteiger partial charge < -0.3 is 20.1 Å². The zero-order chi connectivity index (χ0) is 20.1. The van der Waals surface area contributed by atoms with E-state index in [1.807, 2.05) is 6.07 Å². The molecule has 1 aliphatic rings. The maximum Gasteiger partial charge on any atom is 0.343 e. The summed E-state index contributed by atoms with van der Waals surface area (Å²) >= 11 is 6.06. The van der Waals surface area contributed by atoms with Crippen LogP contribution in [0.5, 0.6) is 5.75 Å². The molecule has 0 aromatic heterocycles. The summed E-state index contributed by atoms with van der Waals surface area (Å²) in [6.07, 6.45) is 1.96. The standard InChI is InChI=1S/C21H23ClN2O4/c1-27-18-13-17(23)16(22)12-15(18)21(26)28-19(14-8-4-2-5-9-14)20(25)24-10-6-3-7-11-24/h2,4-5,8-9,12-13,19H,3,6-7,10-11,23H2,1H3. The zero-order valence-electron chi connectivity index (χ0n) is 15.7. The number of carbonyl (C=O) groups excluding carboxylic acids is 2. The first-order chi connectivity index (χ1) is 13.5. The van der Waals surface area contributed by atoms with E-state index in [0.29, 0.717) is 24.3 Å². The molecular formula is C21H23ClN2O4. The van der Waals surface area contributed by atoms with E-state index in [1.165, 1.54) is 19.2 Å². The second-order valence-electron chi connectivity index (χ2n) is 6.66. The summed E-state index contributed by atoms with van der Waals surface area (Å²) in [5, 5.41) is 0.214. The SMILES string of the molecule is COc1cc(N)c(Cl)cc1C(=O)OC(C(=O)N1CCCCC1)c1ccccc1. The molecule has 1 atom stereocenters. The second-order valence-corrected chi connectivity index (χ2v) is 7.06.